The molecule has 0 radical (unpaired) electrons. The van der Waals surface area contributed by atoms with Gasteiger partial charge in [0, 0.05) is 10.9 Å². The fourth-order valence-corrected chi connectivity index (χ4v) is 6.19. The Bertz CT molecular complexity index is 1080. The Hall–Kier alpha value is -1.93. The zero-order valence-electron chi connectivity index (χ0n) is 14.5. The molecule has 3 aromatic rings. The molecule has 0 bridgehead atoms. The van der Waals surface area contributed by atoms with Crippen molar-refractivity contribution in [1.82, 2.24) is 0 Å². The van der Waals surface area contributed by atoms with Gasteiger partial charge in [-0.2, -0.15) is 0 Å². The monoisotopic (exact) mass is 455 g/mol. The lowest BCUT2D eigenvalue weighted by Crippen LogP contribution is -2.31. The highest BCUT2D eigenvalue weighted by atomic mass is 35.5. The van der Waals surface area contributed by atoms with Crippen molar-refractivity contribution in [1.29, 1.82) is 0 Å². The molecular weight excluding hydrogens is 441 g/mol. The van der Waals surface area contributed by atoms with Gasteiger partial charge in [-0.1, -0.05) is 35.3 Å². The van der Waals surface area contributed by atoms with Gasteiger partial charge in [-0.25, -0.2) is 8.42 Å². The minimum Gasteiger partial charge on any atom is -0.486 e. The number of halogens is 2. The lowest BCUT2D eigenvalue weighted by atomic mass is 10.2. The normalized spacial score (nSPS) is 13.4. The molecule has 0 atom stereocenters. The molecule has 0 saturated carbocycles. The van der Waals surface area contributed by atoms with E-state index in [9.17, 15) is 8.42 Å². The van der Waals surface area contributed by atoms with E-state index in [4.69, 9.17) is 32.7 Å². The van der Waals surface area contributed by atoms with Crippen LogP contribution in [0.25, 0.3) is 0 Å². The van der Waals surface area contributed by atoms with Crippen molar-refractivity contribution in [3.8, 4) is 11.5 Å². The summed E-state index contributed by atoms with van der Waals surface area (Å²) < 4.78 is 39.6. The Kier molecular flexibility index (Phi) is 5.42. The standard InChI is InChI=1S/C19H15Cl2NO4S2/c20-15-4-1-5-16(21)19(15)28(23,24)22(12-14-3-2-10-27-14)13-6-7-17-18(11-13)26-9-8-25-17/h1-7,10-11H,8-9,12H2. The molecule has 146 valence electrons. The highest BCUT2D eigenvalue weighted by molar-refractivity contribution is 7.93. The molecule has 9 heteroatoms. The topological polar surface area (TPSA) is 55.8 Å². The molecular formula is C19H15Cl2NO4S2. The second-order valence-corrected chi connectivity index (χ2v) is 9.62. The van der Waals surface area contributed by atoms with Gasteiger partial charge >= 0.3 is 0 Å². The van der Waals surface area contributed by atoms with Gasteiger partial charge in [-0.05, 0) is 35.7 Å². The highest BCUT2D eigenvalue weighted by Gasteiger charge is 2.31. The molecule has 0 N–H and O–H groups in total. The molecule has 0 amide bonds. The van der Waals surface area contributed by atoms with Crippen molar-refractivity contribution >= 4 is 50.2 Å². The number of ether oxygens (including phenoxy) is 2. The Morgan fingerprint density at radius 3 is 2.36 bits per heavy atom. The van der Waals surface area contributed by atoms with Gasteiger partial charge in [0.05, 0.1) is 22.3 Å². The molecule has 2 heterocycles. The highest BCUT2D eigenvalue weighted by Crippen LogP contribution is 2.39. The zero-order valence-corrected chi connectivity index (χ0v) is 17.6. The summed E-state index contributed by atoms with van der Waals surface area (Å²) in [6.07, 6.45) is 0. The first kappa shape index (κ1) is 19.4. The van der Waals surface area contributed by atoms with Crippen LogP contribution in [-0.2, 0) is 16.6 Å². The van der Waals surface area contributed by atoms with Crippen LogP contribution in [0.15, 0.2) is 58.8 Å². The number of thiophene rings is 1. The fourth-order valence-electron chi connectivity index (χ4n) is 2.89. The molecule has 0 unspecified atom stereocenters. The molecule has 0 saturated heterocycles. The summed E-state index contributed by atoms with van der Waals surface area (Å²) in [5.74, 6) is 1.08. The molecule has 2 aromatic carbocycles. The Labute approximate surface area is 177 Å². The van der Waals surface area contributed by atoms with Gasteiger partial charge in [0.15, 0.2) is 11.5 Å². The van der Waals surface area contributed by atoms with E-state index in [-0.39, 0.29) is 21.5 Å². The number of benzene rings is 2. The lowest BCUT2D eigenvalue weighted by Gasteiger charge is -2.27. The van der Waals surface area contributed by atoms with Gasteiger partial charge in [0.1, 0.15) is 18.1 Å². The maximum atomic E-state index is 13.6. The molecule has 0 aliphatic carbocycles. The first-order valence-corrected chi connectivity index (χ1v) is 11.4. The number of sulfonamides is 1. The maximum absolute atomic E-state index is 13.6. The van der Waals surface area contributed by atoms with Gasteiger partial charge in [-0.15, -0.1) is 11.3 Å². The first-order valence-electron chi connectivity index (χ1n) is 8.35. The Balaban J connectivity index is 1.84. The summed E-state index contributed by atoms with van der Waals surface area (Å²) in [4.78, 5) is 0.756. The SMILES string of the molecule is O=S(=O)(c1c(Cl)cccc1Cl)N(Cc1cccs1)c1ccc2c(c1)OCCO2. The summed E-state index contributed by atoms with van der Waals surface area (Å²) in [7, 11) is -4.04. The first-order chi connectivity index (χ1) is 13.5. The number of hydrogen-bond acceptors (Lipinski definition) is 5. The number of fused-ring (bicyclic) bond motifs is 1. The zero-order chi connectivity index (χ0) is 19.7. The second-order valence-electron chi connectivity index (χ2n) is 5.97. The number of rotatable bonds is 5. The van der Waals surface area contributed by atoms with Crippen molar-refractivity contribution in [2.45, 2.75) is 11.4 Å². The van der Waals surface area contributed by atoms with Crippen LogP contribution < -0.4 is 13.8 Å². The van der Waals surface area contributed by atoms with E-state index in [1.54, 1.807) is 24.3 Å². The van der Waals surface area contributed by atoms with E-state index in [2.05, 4.69) is 0 Å². The van der Waals surface area contributed by atoms with E-state index in [1.165, 1.54) is 27.8 Å². The largest absolute Gasteiger partial charge is 0.486 e. The molecule has 4 rings (SSSR count). The van der Waals surface area contributed by atoms with Crippen LogP contribution >= 0.6 is 34.5 Å². The minimum atomic E-state index is -4.04. The molecule has 28 heavy (non-hydrogen) atoms. The van der Waals surface area contributed by atoms with Gasteiger partial charge in [0.2, 0.25) is 0 Å². The van der Waals surface area contributed by atoms with Crippen LogP contribution in [0.5, 0.6) is 11.5 Å². The fraction of sp³-hybridized carbons (Fsp3) is 0.158. The average Bonchev–Trinajstić information content (AvgIpc) is 3.18. The van der Waals surface area contributed by atoms with Crippen LogP contribution in [0.4, 0.5) is 5.69 Å². The van der Waals surface area contributed by atoms with Crippen molar-refractivity contribution in [3.05, 3.63) is 68.8 Å². The third kappa shape index (κ3) is 3.67. The van der Waals surface area contributed by atoms with Crippen molar-refractivity contribution in [2.24, 2.45) is 0 Å². The van der Waals surface area contributed by atoms with Crippen LogP contribution in [0.2, 0.25) is 10.0 Å². The van der Waals surface area contributed by atoms with Gasteiger partial charge < -0.3 is 9.47 Å². The summed E-state index contributed by atoms with van der Waals surface area (Å²) in [5.41, 5.74) is 0.439. The van der Waals surface area contributed by atoms with Crippen LogP contribution in [-0.4, -0.2) is 21.6 Å². The van der Waals surface area contributed by atoms with Gasteiger partial charge in [-0.3, -0.25) is 4.31 Å². The number of nitrogens with zero attached hydrogens (tertiary/aromatic N) is 1. The maximum Gasteiger partial charge on any atom is 0.267 e. The average molecular weight is 456 g/mol. The van der Waals surface area contributed by atoms with E-state index in [1.807, 2.05) is 17.5 Å². The predicted molar refractivity (Wildman–Crippen MR) is 112 cm³/mol. The molecule has 1 aromatic heterocycles. The summed E-state index contributed by atoms with van der Waals surface area (Å²) in [6.45, 7) is 1.00. The Morgan fingerprint density at radius 1 is 0.964 bits per heavy atom. The van der Waals surface area contributed by atoms with Crippen molar-refractivity contribution in [2.75, 3.05) is 17.5 Å². The summed E-state index contributed by atoms with van der Waals surface area (Å²) >= 11 is 13.9. The number of anilines is 1. The van der Waals surface area contributed by atoms with E-state index in [0.29, 0.717) is 30.4 Å². The van der Waals surface area contributed by atoms with Crippen LogP contribution in [0.1, 0.15) is 4.88 Å². The molecule has 5 nitrogen and oxygen atoms in total. The number of hydrogen-bond donors (Lipinski definition) is 0. The third-order valence-corrected chi connectivity index (χ3v) is 7.75. The van der Waals surface area contributed by atoms with Crippen molar-refractivity contribution < 1.29 is 17.9 Å². The summed E-state index contributed by atoms with van der Waals surface area (Å²) in [5, 5.41) is 2.04. The molecule has 1 aliphatic heterocycles. The Morgan fingerprint density at radius 2 is 1.68 bits per heavy atom. The molecule has 0 spiro atoms. The quantitative estimate of drug-likeness (QED) is 0.528. The van der Waals surface area contributed by atoms with E-state index < -0.39 is 10.0 Å². The summed E-state index contributed by atoms with van der Waals surface area (Å²) in [6, 6.07) is 13.4. The van der Waals surface area contributed by atoms with Gasteiger partial charge in [0.25, 0.3) is 10.0 Å². The van der Waals surface area contributed by atoms with Crippen LogP contribution in [0, 0.1) is 0 Å². The lowest BCUT2D eigenvalue weighted by molar-refractivity contribution is 0.171. The van der Waals surface area contributed by atoms with Crippen molar-refractivity contribution in [3.63, 3.8) is 0 Å². The van der Waals surface area contributed by atoms with Crippen LogP contribution in [0.3, 0.4) is 0 Å². The van der Waals surface area contributed by atoms with E-state index in [0.717, 1.165) is 4.88 Å². The third-order valence-electron chi connectivity index (χ3n) is 4.16. The predicted octanol–water partition coefficient (Wildman–Crippen LogP) is 5.22. The molecule has 0 fully saturated rings. The molecule has 1 aliphatic rings. The second kappa shape index (κ2) is 7.83. The van der Waals surface area contributed by atoms with E-state index >= 15 is 0 Å². The minimum absolute atomic E-state index is 0.0706. The smallest absolute Gasteiger partial charge is 0.267 e.